The van der Waals surface area contributed by atoms with Gasteiger partial charge in [0, 0.05) is 26.2 Å². The predicted octanol–water partition coefficient (Wildman–Crippen LogP) is 1.87. The average Bonchev–Trinajstić information content (AvgIpc) is 2.43. The van der Waals surface area contributed by atoms with Crippen LogP contribution in [0.2, 0.25) is 0 Å². The SMILES string of the molecule is CC1CNCCN(Cc2cccc(F)c2)C1. The van der Waals surface area contributed by atoms with Crippen molar-refractivity contribution in [2.75, 3.05) is 26.2 Å². The Bertz CT molecular complexity index is 340. The van der Waals surface area contributed by atoms with Crippen LogP contribution >= 0.6 is 0 Å². The first-order valence-electron chi connectivity index (χ1n) is 5.91. The van der Waals surface area contributed by atoms with Gasteiger partial charge in [-0.25, -0.2) is 4.39 Å². The molecule has 0 radical (unpaired) electrons. The molecule has 0 aromatic heterocycles. The molecule has 1 aromatic rings. The van der Waals surface area contributed by atoms with Crippen molar-refractivity contribution in [3.05, 3.63) is 35.6 Å². The first kappa shape index (κ1) is 11.6. The van der Waals surface area contributed by atoms with E-state index in [1.54, 1.807) is 12.1 Å². The van der Waals surface area contributed by atoms with Gasteiger partial charge in [0.15, 0.2) is 0 Å². The molecule has 0 aliphatic carbocycles. The normalized spacial score (nSPS) is 23.0. The van der Waals surface area contributed by atoms with Crippen molar-refractivity contribution in [2.24, 2.45) is 5.92 Å². The first-order valence-corrected chi connectivity index (χ1v) is 5.91. The molecule has 1 saturated heterocycles. The Balaban J connectivity index is 1.97. The number of benzene rings is 1. The molecule has 88 valence electrons. The lowest BCUT2D eigenvalue weighted by molar-refractivity contribution is 0.256. The molecule has 2 rings (SSSR count). The highest BCUT2D eigenvalue weighted by Gasteiger charge is 2.14. The number of hydrogen-bond donors (Lipinski definition) is 1. The third-order valence-electron chi connectivity index (χ3n) is 2.96. The zero-order chi connectivity index (χ0) is 11.4. The second-order valence-corrected chi connectivity index (χ2v) is 4.67. The van der Waals surface area contributed by atoms with Crippen LogP contribution in [0.3, 0.4) is 0 Å². The number of halogens is 1. The number of nitrogens with one attached hydrogen (secondary N) is 1. The van der Waals surface area contributed by atoms with E-state index in [9.17, 15) is 4.39 Å². The Morgan fingerprint density at radius 2 is 2.38 bits per heavy atom. The molecule has 0 saturated carbocycles. The molecule has 1 unspecified atom stereocenters. The molecular formula is C13H19FN2. The maximum absolute atomic E-state index is 13.0. The minimum Gasteiger partial charge on any atom is -0.315 e. The molecule has 1 N–H and O–H groups in total. The molecule has 1 atom stereocenters. The van der Waals surface area contributed by atoms with Gasteiger partial charge in [0.05, 0.1) is 0 Å². The molecule has 0 amide bonds. The van der Waals surface area contributed by atoms with Crippen LogP contribution < -0.4 is 5.32 Å². The summed E-state index contributed by atoms with van der Waals surface area (Å²) in [7, 11) is 0. The van der Waals surface area contributed by atoms with Gasteiger partial charge in [0.25, 0.3) is 0 Å². The van der Waals surface area contributed by atoms with E-state index >= 15 is 0 Å². The van der Waals surface area contributed by atoms with E-state index in [0.29, 0.717) is 5.92 Å². The summed E-state index contributed by atoms with van der Waals surface area (Å²) < 4.78 is 13.0. The van der Waals surface area contributed by atoms with Crippen LogP contribution in [-0.2, 0) is 6.54 Å². The largest absolute Gasteiger partial charge is 0.315 e. The summed E-state index contributed by atoms with van der Waals surface area (Å²) in [6, 6.07) is 6.90. The molecule has 1 aliphatic heterocycles. The predicted molar refractivity (Wildman–Crippen MR) is 63.7 cm³/mol. The molecule has 1 aliphatic rings. The van der Waals surface area contributed by atoms with Crippen LogP contribution in [0, 0.1) is 11.7 Å². The van der Waals surface area contributed by atoms with Crippen molar-refractivity contribution in [1.82, 2.24) is 10.2 Å². The molecule has 1 heterocycles. The smallest absolute Gasteiger partial charge is 0.123 e. The van der Waals surface area contributed by atoms with E-state index in [1.807, 2.05) is 6.07 Å². The summed E-state index contributed by atoms with van der Waals surface area (Å²) in [4.78, 5) is 2.39. The minimum atomic E-state index is -0.140. The Hall–Kier alpha value is -0.930. The second kappa shape index (κ2) is 5.41. The van der Waals surface area contributed by atoms with Crippen molar-refractivity contribution in [3.8, 4) is 0 Å². The first-order chi connectivity index (χ1) is 7.74. The maximum Gasteiger partial charge on any atom is 0.123 e. The summed E-state index contributed by atoms with van der Waals surface area (Å²) >= 11 is 0. The fraction of sp³-hybridized carbons (Fsp3) is 0.538. The van der Waals surface area contributed by atoms with Gasteiger partial charge >= 0.3 is 0 Å². The Morgan fingerprint density at radius 3 is 3.19 bits per heavy atom. The standard InChI is InChI=1S/C13H19FN2/c1-11-8-15-5-6-16(9-11)10-12-3-2-4-13(14)7-12/h2-4,7,11,15H,5-6,8-10H2,1H3. The monoisotopic (exact) mass is 222 g/mol. The van der Waals surface area contributed by atoms with Crippen LogP contribution in [0.25, 0.3) is 0 Å². The van der Waals surface area contributed by atoms with Gasteiger partial charge in [-0.3, -0.25) is 4.90 Å². The molecule has 3 heteroatoms. The number of rotatable bonds is 2. The highest BCUT2D eigenvalue weighted by molar-refractivity contribution is 5.16. The summed E-state index contributed by atoms with van der Waals surface area (Å²) in [5.41, 5.74) is 1.06. The van der Waals surface area contributed by atoms with E-state index in [0.717, 1.165) is 38.3 Å². The van der Waals surface area contributed by atoms with Gasteiger partial charge in [0.2, 0.25) is 0 Å². The average molecular weight is 222 g/mol. The lowest BCUT2D eigenvalue weighted by Gasteiger charge is -2.21. The van der Waals surface area contributed by atoms with Crippen molar-refractivity contribution < 1.29 is 4.39 Å². The number of nitrogens with zero attached hydrogens (tertiary/aromatic N) is 1. The van der Waals surface area contributed by atoms with E-state index in [-0.39, 0.29) is 5.82 Å². The summed E-state index contributed by atoms with van der Waals surface area (Å²) in [5.74, 6) is 0.523. The molecular weight excluding hydrogens is 203 g/mol. The molecule has 0 bridgehead atoms. The zero-order valence-corrected chi connectivity index (χ0v) is 9.75. The summed E-state index contributed by atoms with van der Waals surface area (Å²) in [6.07, 6.45) is 0. The topological polar surface area (TPSA) is 15.3 Å². The quantitative estimate of drug-likeness (QED) is 0.821. The van der Waals surface area contributed by atoms with Gasteiger partial charge in [-0.1, -0.05) is 19.1 Å². The summed E-state index contributed by atoms with van der Waals surface area (Å²) in [5, 5.41) is 3.41. The molecule has 2 nitrogen and oxygen atoms in total. The van der Waals surface area contributed by atoms with E-state index in [1.165, 1.54) is 6.07 Å². The van der Waals surface area contributed by atoms with E-state index < -0.39 is 0 Å². The maximum atomic E-state index is 13.0. The second-order valence-electron chi connectivity index (χ2n) is 4.67. The van der Waals surface area contributed by atoms with E-state index in [4.69, 9.17) is 0 Å². The van der Waals surface area contributed by atoms with Crippen molar-refractivity contribution in [1.29, 1.82) is 0 Å². The Morgan fingerprint density at radius 1 is 1.50 bits per heavy atom. The van der Waals surface area contributed by atoms with Crippen LogP contribution in [0.1, 0.15) is 12.5 Å². The zero-order valence-electron chi connectivity index (χ0n) is 9.75. The molecule has 0 spiro atoms. The van der Waals surface area contributed by atoms with E-state index in [2.05, 4.69) is 17.1 Å². The summed E-state index contributed by atoms with van der Waals surface area (Å²) in [6.45, 7) is 7.34. The van der Waals surface area contributed by atoms with Crippen LogP contribution in [0.5, 0.6) is 0 Å². The van der Waals surface area contributed by atoms with Gasteiger partial charge < -0.3 is 5.32 Å². The van der Waals surface area contributed by atoms with Gasteiger partial charge in [-0.05, 0) is 30.2 Å². The minimum absolute atomic E-state index is 0.140. The fourth-order valence-corrected chi connectivity index (χ4v) is 2.22. The Kier molecular flexibility index (Phi) is 3.91. The molecule has 16 heavy (non-hydrogen) atoms. The lowest BCUT2D eigenvalue weighted by atomic mass is 10.1. The fourth-order valence-electron chi connectivity index (χ4n) is 2.22. The van der Waals surface area contributed by atoms with Crippen molar-refractivity contribution in [3.63, 3.8) is 0 Å². The van der Waals surface area contributed by atoms with Crippen LogP contribution in [0.15, 0.2) is 24.3 Å². The third-order valence-corrected chi connectivity index (χ3v) is 2.96. The molecule has 1 aromatic carbocycles. The number of hydrogen-bond acceptors (Lipinski definition) is 2. The molecule has 1 fully saturated rings. The Labute approximate surface area is 96.5 Å². The van der Waals surface area contributed by atoms with Crippen molar-refractivity contribution in [2.45, 2.75) is 13.5 Å². The van der Waals surface area contributed by atoms with Crippen molar-refractivity contribution >= 4 is 0 Å². The van der Waals surface area contributed by atoms with Gasteiger partial charge in [0.1, 0.15) is 5.82 Å². The van der Waals surface area contributed by atoms with Gasteiger partial charge in [-0.15, -0.1) is 0 Å². The third kappa shape index (κ3) is 3.29. The lowest BCUT2D eigenvalue weighted by Crippen LogP contribution is -2.28. The highest BCUT2D eigenvalue weighted by atomic mass is 19.1. The van der Waals surface area contributed by atoms with Crippen LogP contribution in [-0.4, -0.2) is 31.1 Å². The van der Waals surface area contributed by atoms with Crippen LogP contribution in [0.4, 0.5) is 4.39 Å². The highest BCUT2D eigenvalue weighted by Crippen LogP contribution is 2.10. The van der Waals surface area contributed by atoms with Gasteiger partial charge in [-0.2, -0.15) is 0 Å².